The molecule has 6 rings (SSSR count). The number of aromatic nitrogens is 2. The summed E-state index contributed by atoms with van der Waals surface area (Å²) >= 11 is 1.43. The van der Waals surface area contributed by atoms with Gasteiger partial charge < -0.3 is 44.8 Å². The fraction of sp³-hybridized carbons (Fsp3) is 0.538. The normalized spacial score (nSPS) is 22.6. The van der Waals surface area contributed by atoms with Crippen LogP contribution in [-0.4, -0.2) is 98.0 Å². The Bertz CT molecular complexity index is 2110. The Morgan fingerprint density at radius 2 is 1.81 bits per heavy atom. The second-order valence-corrected chi connectivity index (χ2v) is 18.6. The topological polar surface area (TPSA) is 231 Å². The molecule has 3 aromatic rings. The van der Waals surface area contributed by atoms with Gasteiger partial charge in [0.1, 0.15) is 47.0 Å². The fourth-order valence-electron chi connectivity index (χ4n) is 7.48. The van der Waals surface area contributed by atoms with Gasteiger partial charge in [-0.3, -0.25) is 19.5 Å². The number of thiazole rings is 1. The first-order valence-electron chi connectivity index (χ1n) is 19.3. The van der Waals surface area contributed by atoms with Crippen molar-refractivity contribution in [2.45, 2.75) is 109 Å². The first-order chi connectivity index (χ1) is 27.3. The number of pyridine rings is 1. The first-order valence-corrected chi connectivity index (χ1v) is 21.8. The average Bonchev–Trinajstić information content (AvgIpc) is 3.55. The molecule has 1 aromatic carbocycles. The molecule has 5 atom stereocenters. The number of hydrogen-bond acceptors (Lipinski definition) is 12. The highest BCUT2D eigenvalue weighted by molar-refractivity contribution is 7.50. The zero-order valence-electron chi connectivity index (χ0n) is 33.4. The number of ether oxygens (including phenoxy) is 3. The largest absolute Gasteiger partial charge is 0.497 e. The Morgan fingerprint density at radius 3 is 2.43 bits per heavy atom. The van der Waals surface area contributed by atoms with Crippen molar-refractivity contribution in [2.24, 2.45) is 11.3 Å². The predicted molar refractivity (Wildman–Crippen MR) is 217 cm³/mol. The third-order valence-corrected chi connectivity index (χ3v) is 11.8. The summed E-state index contributed by atoms with van der Waals surface area (Å²) in [6, 6.07) is 4.89. The molecule has 1 aliphatic heterocycles. The van der Waals surface area contributed by atoms with Crippen LogP contribution in [0, 0.1) is 11.3 Å². The van der Waals surface area contributed by atoms with Crippen LogP contribution < -0.4 is 30.5 Å². The molecular formula is C39H52N7O10PS. The number of likely N-dealkylation sites (tertiary alicyclic amines) is 1. The molecule has 0 spiro atoms. The summed E-state index contributed by atoms with van der Waals surface area (Å²) in [5.41, 5.74) is -0.867. The Labute approximate surface area is 340 Å². The number of methoxy groups -OCH3 is 1. The summed E-state index contributed by atoms with van der Waals surface area (Å²) in [5.74, 6) is -2.06. The minimum absolute atomic E-state index is 0.0358. The van der Waals surface area contributed by atoms with Crippen LogP contribution in [0.3, 0.4) is 0 Å². The maximum atomic E-state index is 14.7. The van der Waals surface area contributed by atoms with E-state index in [2.05, 4.69) is 22.5 Å². The standard InChI is InChI=1S/C39H52N7O10PS/c1-8-22-18-39(22,35(49)45-57(51,52)53)44-33(47)30-16-25(19-46(30)34(48)32(38(4,5)6)43-37(50)56-23-11-9-10-12-23)55-31-17-28(29-20-58-36(42-29)40-21(2)3)41-27-15-24(54-7)13-14-26(27)31/h8,13-15,17,20-23,25,30,32H,1,9-12,16,18-19H2,2-7H3,(H,40,42)(H,43,50)(H,44,47)(H3,45,49,51,52,53)/t22-,25-,30+,32-,39-/m1/s1. The van der Waals surface area contributed by atoms with E-state index in [0.717, 1.165) is 30.8 Å². The van der Waals surface area contributed by atoms with Gasteiger partial charge in [0.15, 0.2) is 5.13 Å². The van der Waals surface area contributed by atoms with Crippen LogP contribution in [0.4, 0.5) is 9.93 Å². The molecule has 6 N–H and O–H groups in total. The number of carbonyl (C=O) groups excluding carboxylic acids is 4. The Balaban J connectivity index is 1.34. The van der Waals surface area contributed by atoms with Gasteiger partial charge in [-0.2, -0.15) is 0 Å². The third-order valence-electron chi connectivity index (χ3n) is 10.5. The van der Waals surface area contributed by atoms with Gasteiger partial charge in [-0.05, 0) is 63.5 Å². The van der Waals surface area contributed by atoms with Gasteiger partial charge in [-0.25, -0.2) is 19.3 Å². The summed E-state index contributed by atoms with van der Waals surface area (Å²) in [5, 5.41) is 13.7. The van der Waals surface area contributed by atoms with Gasteiger partial charge in [0.25, 0.3) is 5.91 Å². The SMILES string of the molecule is C=C[C@@H]1C[C@]1(NC(=O)[C@@H]1C[C@@H](Oc2cc(-c3csc(NC(C)C)n3)nc3cc(OC)ccc23)CN1C(=O)[C@@H](NC(=O)OC1CCCC1)C(C)(C)C)C(=O)NP(=O)(O)O. The van der Waals surface area contributed by atoms with Gasteiger partial charge in [0.05, 0.1) is 24.9 Å². The number of nitrogens with one attached hydrogen (secondary N) is 4. The number of rotatable bonds is 14. The van der Waals surface area contributed by atoms with Crippen LogP contribution in [0.1, 0.15) is 73.1 Å². The quantitative estimate of drug-likeness (QED) is 0.0940. The van der Waals surface area contributed by atoms with E-state index in [1.54, 1.807) is 57.2 Å². The van der Waals surface area contributed by atoms with Gasteiger partial charge in [-0.1, -0.05) is 26.8 Å². The van der Waals surface area contributed by atoms with Gasteiger partial charge in [-0.15, -0.1) is 17.9 Å². The number of fused-ring (bicyclic) bond motifs is 1. The molecule has 4 amide bonds. The zero-order valence-corrected chi connectivity index (χ0v) is 35.2. The van der Waals surface area contributed by atoms with Crippen molar-refractivity contribution in [3.8, 4) is 22.9 Å². The van der Waals surface area contributed by atoms with Crippen LogP contribution in [0.25, 0.3) is 22.3 Å². The summed E-state index contributed by atoms with van der Waals surface area (Å²) in [4.78, 5) is 85.3. The number of anilines is 1. The first kappa shape index (κ1) is 42.8. The van der Waals surface area contributed by atoms with E-state index in [1.165, 1.54) is 22.3 Å². The van der Waals surface area contributed by atoms with Gasteiger partial charge in [0.2, 0.25) is 11.8 Å². The van der Waals surface area contributed by atoms with Crippen LogP contribution >= 0.6 is 19.1 Å². The summed E-state index contributed by atoms with van der Waals surface area (Å²) in [6.07, 6.45) is 2.98. The Hall–Kier alpha value is -4.77. The number of amides is 4. The van der Waals surface area contributed by atoms with Crippen LogP contribution in [0.2, 0.25) is 0 Å². The molecule has 58 heavy (non-hydrogen) atoms. The molecule has 314 valence electrons. The van der Waals surface area contributed by atoms with Crippen LogP contribution in [-0.2, 0) is 23.7 Å². The van der Waals surface area contributed by atoms with Crippen molar-refractivity contribution in [3.63, 3.8) is 0 Å². The maximum Gasteiger partial charge on any atom is 0.429 e. The second-order valence-electron chi connectivity index (χ2n) is 16.5. The van der Waals surface area contributed by atoms with E-state index >= 15 is 0 Å². The molecule has 2 saturated carbocycles. The lowest BCUT2D eigenvalue weighted by Crippen LogP contribution is -2.59. The molecule has 2 aliphatic carbocycles. The number of alkyl carbamates (subject to hydrolysis) is 1. The Morgan fingerprint density at radius 1 is 1.09 bits per heavy atom. The van der Waals surface area contributed by atoms with Crippen LogP contribution in [0.15, 0.2) is 42.3 Å². The maximum absolute atomic E-state index is 14.7. The molecule has 0 radical (unpaired) electrons. The fourth-order valence-corrected chi connectivity index (χ4v) is 8.80. The molecule has 19 heteroatoms. The summed E-state index contributed by atoms with van der Waals surface area (Å²) in [6.45, 7) is 13.0. The number of hydrogen-bond donors (Lipinski definition) is 6. The lowest BCUT2D eigenvalue weighted by atomic mass is 9.85. The molecule has 17 nitrogen and oxygen atoms in total. The van der Waals surface area contributed by atoms with Crippen molar-refractivity contribution >= 4 is 58.9 Å². The smallest absolute Gasteiger partial charge is 0.429 e. The van der Waals surface area contributed by atoms with Crippen molar-refractivity contribution < 1.29 is 47.7 Å². The van der Waals surface area contributed by atoms with E-state index in [9.17, 15) is 33.5 Å². The molecule has 2 aromatic heterocycles. The highest BCUT2D eigenvalue weighted by atomic mass is 32.1. The van der Waals surface area contributed by atoms with Gasteiger partial charge >= 0.3 is 13.8 Å². The monoisotopic (exact) mass is 841 g/mol. The highest BCUT2D eigenvalue weighted by Crippen LogP contribution is 2.47. The van der Waals surface area contributed by atoms with E-state index in [4.69, 9.17) is 24.2 Å². The van der Waals surface area contributed by atoms with E-state index in [1.807, 2.05) is 19.2 Å². The van der Waals surface area contributed by atoms with Crippen molar-refractivity contribution in [1.82, 2.24) is 30.6 Å². The predicted octanol–water partition coefficient (Wildman–Crippen LogP) is 4.89. The molecule has 3 aliphatic rings. The molecular weight excluding hydrogens is 790 g/mol. The molecule has 1 saturated heterocycles. The molecule has 0 bridgehead atoms. The number of nitrogens with zero attached hydrogens (tertiary/aromatic N) is 3. The van der Waals surface area contributed by atoms with E-state index in [0.29, 0.717) is 33.8 Å². The minimum Gasteiger partial charge on any atom is -0.497 e. The summed E-state index contributed by atoms with van der Waals surface area (Å²) < 4.78 is 29.6. The van der Waals surface area contributed by atoms with E-state index in [-0.39, 0.29) is 31.5 Å². The van der Waals surface area contributed by atoms with E-state index < -0.39 is 66.6 Å². The average molecular weight is 842 g/mol. The minimum atomic E-state index is -5.02. The molecule has 3 fully saturated rings. The highest BCUT2D eigenvalue weighted by Gasteiger charge is 2.61. The van der Waals surface area contributed by atoms with Gasteiger partial charge in [0, 0.05) is 41.3 Å². The van der Waals surface area contributed by atoms with Crippen molar-refractivity contribution in [1.29, 1.82) is 0 Å². The Kier molecular flexibility index (Phi) is 12.4. The zero-order chi connectivity index (χ0) is 42.2. The summed E-state index contributed by atoms with van der Waals surface area (Å²) in [7, 11) is -3.47. The van der Waals surface area contributed by atoms with Crippen LogP contribution in [0.5, 0.6) is 11.5 Å². The van der Waals surface area contributed by atoms with Crippen molar-refractivity contribution in [3.05, 3.63) is 42.3 Å². The lowest BCUT2D eigenvalue weighted by Gasteiger charge is -2.35. The lowest BCUT2D eigenvalue weighted by molar-refractivity contribution is -0.143. The third kappa shape index (κ3) is 9.73. The second kappa shape index (κ2) is 16.8. The molecule has 3 heterocycles. The molecule has 0 unspecified atom stereocenters. The number of carbonyl (C=O) groups is 4. The number of benzene rings is 1. The van der Waals surface area contributed by atoms with Crippen molar-refractivity contribution in [2.75, 3.05) is 19.0 Å².